The maximum Gasteiger partial charge on any atom is 0.329 e. The van der Waals surface area contributed by atoms with Gasteiger partial charge in [0, 0.05) is 12.2 Å². The summed E-state index contributed by atoms with van der Waals surface area (Å²) in [4.78, 5) is 71.6. The Morgan fingerprint density at radius 1 is 0.882 bits per heavy atom. The Morgan fingerprint density at radius 3 is 1.82 bits per heavy atom. The molecule has 0 spiro atoms. The van der Waals surface area contributed by atoms with Crippen molar-refractivity contribution in [1.29, 1.82) is 0 Å². The highest BCUT2D eigenvalue weighted by atomic mass is 16.5. The second-order valence-electron chi connectivity index (χ2n) is 7.89. The predicted octanol–water partition coefficient (Wildman–Crippen LogP) is 2.07. The first-order valence-electron chi connectivity index (χ1n) is 11.5. The zero-order valence-corrected chi connectivity index (χ0v) is 20.1. The molecule has 0 bridgehead atoms. The standard InChI is InChI=1S/C24H34N2O8/c1-4-12-20(28)25(17-27)18(2)23(31)33-15-10-8-6-5-7-9-11-16-34-24(32)19(3)26-21(29)13-14-22(26)30/h4,12-14,17-19H,5-11,15-16H2,1-3H3/b12-4-. The molecule has 0 aromatic rings. The van der Waals surface area contributed by atoms with Crippen molar-refractivity contribution < 1.29 is 38.2 Å². The van der Waals surface area contributed by atoms with Crippen LogP contribution in [0.15, 0.2) is 24.3 Å². The zero-order valence-electron chi connectivity index (χ0n) is 20.1. The number of nitrogens with zero attached hydrogens (tertiary/aromatic N) is 2. The average Bonchev–Trinajstić information content (AvgIpc) is 3.14. The third kappa shape index (κ3) is 9.29. The second-order valence-corrected chi connectivity index (χ2v) is 7.89. The van der Waals surface area contributed by atoms with Gasteiger partial charge in [0.05, 0.1) is 13.2 Å². The molecule has 0 aromatic carbocycles. The van der Waals surface area contributed by atoms with Gasteiger partial charge in [-0.15, -0.1) is 0 Å². The average molecular weight is 479 g/mol. The summed E-state index contributed by atoms with van der Waals surface area (Å²) in [5.41, 5.74) is 0. The highest BCUT2D eigenvalue weighted by Crippen LogP contribution is 2.12. The van der Waals surface area contributed by atoms with Gasteiger partial charge in [-0.05, 0) is 39.7 Å². The second kappa shape index (κ2) is 15.5. The van der Waals surface area contributed by atoms with Gasteiger partial charge in [0.2, 0.25) is 6.41 Å². The van der Waals surface area contributed by atoms with Crippen LogP contribution in [-0.2, 0) is 38.2 Å². The molecule has 10 heteroatoms. The molecule has 1 rings (SSSR count). The number of carbonyl (C=O) groups is 6. The van der Waals surface area contributed by atoms with E-state index < -0.39 is 41.7 Å². The monoisotopic (exact) mass is 478 g/mol. The lowest BCUT2D eigenvalue weighted by Gasteiger charge is -2.20. The first-order chi connectivity index (χ1) is 16.2. The molecule has 4 amide bonds. The van der Waals surface area contributed by atoms with E-state index in [1.807, 2.05) is 0 Å². The smallest absolute Gasteiger partial charge is 0.329 e. The normalized spacial score (nSPS) is 14.9. The number of amides is 4. The van der Waals surface area contributed by atoms with Crippen LogP contribution in [0.3, 0.4) is 0 Å². The van der Waals surface area contributed by atoms with Gasteiger partial charge in [-0.1, -0.05) is 38.2 Å². The van der Waals surface area contributed by atoms with Crippen LogP contribution < -0.4 is 0 Å². The van der Waals surface area contributed by atoms with Gasteiger partial charge in [0.25, 0.3) is 17.7 Å². The lowest BCUT2D eigenvalue weighted by atomic mass is 10.1. The van der Waals surface area contributed by atoms with Gasteiger partial charge >= 0.3 is 11.9 Å². The number of allylic oxidation sites excluding steroid dienone is 1. The maximum absolute atomic E-state index is 12.0. The lowest BCUT2D eigenvalue weighted by Crippen LogP contribution is -2.43. The van der Waals surface area contributed by atoms with Gasteiger partial charge in [-0.2, -0.15) is 0 Å². The number of esters is 2. The van der Waals surface area contributed by atoms with Crippen molar-refractivity contribution in [3.8, 4) is 0 Å². The third-order valence-corrected chi connectivity index (χ3v) is 5.28. The molecule has 0 saturated heterocycles. The van der Waals surface area contributed by atoms with Gasteiger partial charge in [0.1, 0.15) is 12.1 Å². The van der Waals surface area contributed by atoms with Crippen molar-refractivity contribution in [3.63, 3.8) is 0 Å². The topological polar surface area (TPSA) is 127 Å². The molecule has 0 aliphatic carbocycles. The largest absolute Gasteiger partial charge is 0.464 e. The van der Waals surface area contributed by atoms with E-state index in [2.05, 4.69) is 0 Å². The fourth-order valence-corrected chi connectivity index (χ4v) is 3.25. The number of hydrogen-bond donors (Lipinski definition) is 0. The Hall–Kier alpha value is -3.30. The van der Waals surface area contributed by atoms with Crippen LogP contribution in [0.5, 0.6) is 0 Å². The Kier molecular flexibility index (Phi) is 13.1. The van der Waals surface area contributed by atoms with Gasteiger partial charge in [-0.3, -0.25) is 29.0 Å². The summed E-state index contributed by atoms with van der Waals surface area (Å²) in [5.74, 6) is -2.82. The number of carbonyl (C=O) groups excluding carboxylic acids is 6. The van der Waals surface area contributed by atoms with Gasteiger partial charge in [0.15, 0.2) is 0 Å². The molecule has 1 heterocycles. The number of unbranched alkanes of at least 4 members (excludes halogenated alkanes) is 6. The Morgan fingerprint density at radius 2 is 1.35 bits per heavy atom. The highest BCUT2D eigenvalue weighted by molar-refractivity contribution is 6.14. The summed E-state index contributed by atoms with van der Waals surface area (Å²) in [6.07, 6.45) is 11.3. The quantitative estimate of drug-likeness (QED) is 0.108. The van der Waals surface area contributed by atoms with Crippen molar-refractivity contribution in [2.45, 2.75) is 77.8 Å². The molecule has 188 valence electrons. The predicted molar refractivity (Wildman–Crippen MR) is 122 cm³/mol. The Labute approximate surface area is 199 Å². The fraction of sp³-hybridized carbons (Fsp3) is 0.583. The minimum Gasteiger partial charge on any atom is -0.464 e. The van der Waals surface area contributed by atoms with Crippen molar-refractivity contribution in [2.75, 3.05) is 13.2 Å². The summed E-state index contributed by atoms with van der Waals surface area (Å²) in [6.45, 7) is 5.00. The summed E-state index contributed by atoms with van der Waals surface area (Å²) >= 11 is 0. The van der Waals surface area contributed by atoms with Crippen molar-refractivity contribution in [1.82, 2.24) is 9.80 Å². The minimum atomic E-state index is -0.980. The van der Waals surface area contributed by atoms with E-state index in [1.54, 1.807) is 6.92 Å². The van der Waals surface area contributed by atoms with E-state index in [9.17, 15) is 28.8 Å². The van der Waals surface area contributed by atoms with Crippen LogP contribution in [0.2, 0.25) is 0 Å². The summed E-state index contributed by atoms with van der Waals surface area (Å²) in [7, 11) is 0. The lowest BCUT2D eigenvalue weighted by molar-refractivity contribution is -0.156. The number of rotatable bonds is 16. The van der Waals surface area contributed by atoms with E-state index in [0.29, 0.717) is 19.3 Å². The fourth-order valence-electron chi connectivity index (χ4n) is 3.25. The van der Waals surface area contributed by atoms with Crippen LogP contribution >= 0.6 is 0 Å². The molecule has 10 nitrogen and oxygen atoms in total. The zero-order chi connectivity index (χ0) is 25.5. The van der Waals surface area contributed by atoms with Crippen LogP contribution in [0, 0.1) is 0 Å². The molecule has 34 heavy (non-hydrogen) atoms. The maximum atomic E-state index is 12.0. The van der Waals surface area contributed by atoms with E-state index in [4.69, 9.17) is 9.47 Å². The van der Waals surface area contributed by atoms with Gasteiger partial charge < -0.3 is 9.47 Å². The highest BCUT2D eigenvalue weighted by Gasteiger charge is 2.33. The van der Waals surface area contributed by atoms with Crippen LogP contribution in [0.25, 0.3) is 0 Å². The van der Waals surface area contributed by atoms with Crippen LogP contribution in [-0.4, -0.2) is 71.2 Å². The SMILES string of the molecule is C/C=C\C(=O)N(C=O)C(C)C(=O)OCCCCCCCCCOC(=O)C(C)N1C(=O)C=CC1=O. The van der Waals surface area contributed by atoms with Crippen LogP contribution in [0.4, 0.5) is 0 Å². The first kappa shape index (κ1) is 28.7. The molecule has 2 unspecified atom stereocenters. The number of ether oxygens (including phenoxy) is 2. The summed E-state index contributed by atoms with van der Waals surface area (Å²) in [6, 6.07) is -1.92. The third-order valence-electron chi connectivity index (χ3n) is 5.28. The van der Waals surface area contributed by atoms with Crippen LogP contribution in [0.1, 0.15) is 65.7 Å². The molecular formula is C24H34N2O8. The molecule has 1 aliphatic heterocycles. The number of hydrogen-bond acceptors (Lipinski definition) is 8. The number of imide groups is 2. The van der Waals surface area contributed by atoms with E-state index >= 15 is 0 Å². The molecule has 0 saturated carbocycles. The molecule has 0 fully saturated rings. The van der Waals surface area contributed by atoms with E-state index in [-0.39, 0.29) is 13.2 Å². The van der Waals surface area contributed by atoms with Crippen molar-refractivity contribution >= 4 is 36.1 Å². The minimum absolute atomic E-state index is 0.222. The summed E-state index contributed by atoms with van der Waals surface area (Å²) < 4.78 is 10.3. The van der Waals surface area contributed by atoms with E-state index in [1.165, 1.54) is 26.0 Å². The molecule has 0 radical (unpaired) electrons. The molecule has 1 aliphatic rings. The van der Waals surface area contributed by atoms with Crippen molar-refractivity contribution in [2.24, 2.45) is 0 Å². The van der Waals surface area contributed by atoms with Crippen molar-refractivity contribution in [3.05, 3.63) is 24.3 Å². The molecule has 0 N–H and O–H groups in total. The summed E-state index contributed by atoms with van der Waals surface area (Å²) in [5, 5.41) is 0. The van der Waals surface area contributed by atoms with Gasteiger partial charge in [-0.25, -0.2) is 9.59 Å². The Balaban J connectivity index is 2.06. The molecular weight excluding hydrogens is 444 g/mol. The molecule has 2 atom stereocenters. The Bertz CT molecular complexity index is 787. The van der Waals surface area contributed by atoms with E-state index in [0.717, 1.165) is 54.1 Å². The first-order valence-corrected chi connectivity index (χ1v) is 11.5. The molecule has 0 aromatic heterocycles.